The largest absolute Gasteiger partial charge is 0.481 e. The zero-order chi connectivity index (χ0) is 23.4. The van der Waals surface area contributed by atoms with E-state index in [9.17, 15) is 13.2 Å². The standard InChI is InChI=1S/C26H24N2O4S/c1-18-8-3-6-13-25(18)32-19(2)26(29)27-21-14-16-22(17-15-21)33(30,31)28-24-12-7-10-20-9-4-5-11-23(20)24/h3-17,19,28H,1-2H3,(H,27,29)/t19-/m0/s1. The maximum Gasteiger partial charge on any atom is 0.265 e. The van der Waals surface area contributed by atoms with Crippen molar-refractivity contribution >= 4 is 38.1 Å². The normalized spacial score (nSPS) is 12.2. The second-order valence-electron chi connectivity index (χ2n) is 7.67. The Hall–Kier alpha value is -3.84. The van der Waals surface area contributed by atoms with Crippen molar-refractivity contribution in [2.75, 3.05) is 10.0 Å². The van der Waals surface area contributed by atoms with Gasteiger partial charge in [-0.3, -0.25) is 9.52 Å². The number of fused-ring (bicyclic) bond motifs is 1. The molecule has 0 saturated heterocycles. The number of benzene rings is 4. The van der Waals surface area contributed by atoms with E-state index in [-0.39, 0.29) is 10.8 Å². The quantitative estimate of drug-likeness (QED) is 0.389. The average molecular weight is 461 g/mol. The fourth-order valence-corrected chi connectivity index (χ4v) is 4.49. The first-order valence-corrected chi connectivity index (χ1v) is 12.0. The molecular formula is C26H24N2O4S. The van der Waals surface area contributed by atoms with Crippen LogP contribution < -0.4 is 14.8 Å². The fraction of sp³-hybridized carbons (Fsp3) is 0.115. The van der Waals surface area contributed by atoms with Gasteiger partial charge in [-0.2, -0.15) is 0 Å². The summed E-state index contributed by atoms with van der Waals surface area (Å²) in [5.41, 5.74) is 1.92. The van der Waals surface area contributed by atoms with E-state index in [1.54, 1.807) is 31.2 Å². The summed E-state index contributed by atoms with van der Waals surface area (Å²) in [6, 6.07) is 26.5. The van der Waals surface area contributed by atoms with Crippen molar-refractivity contribution in [1.29, 1.82) is 0 Å². The molecule has 0 aliphatic heterocycles. The number of ether oxygens (including phenoxy) is 1. The van der Waals surface area contributed by atoms with Crippen molar-refractivity contribution in [3.8, 4) is 5.75 Å². The Morgan fingerprint density at radius 1 is 0.848 bits per heavy atom. The van der Waals surface area contributed by atoms with Crippen molar-refractivity contribution in [1.82, 2.24) is 0 Å². The summed E-state index contributed by atoms with van der Waals surface area (Å²) < 4.78 is 34.2. The second-order valence-corrected chi connectivity index (χ2v) is 9.35. The molecule has 0 fully saturated rings. The molecule has 4 aromatic carbocycles. The Balaban J connectivity index is 1.45. The number of carbonyl (C=O) groups is 1. The lowest BCUT2D eigenvalue weighted by molar-refractivity contribution is -0.122. The molecule has 33 heavy (non-hydrogen) atoms. The lowest BCUT2D eigenvalue weighted by atomic mass is 10.1. The summed E-state index contributed by atoms with van der Waals surface area (Å²) in [4.78, 5) is 12.6. The number of hydrogen-bond donors (Lipinski definition) is 2. The van der Waals surface area contributed by atoms with Crippen LogP contribution in [-0.2, 0) is 14.8 Å². The van der Waals surface area contributed by atoms with Crippen LogP contribution in [-0.4, -0.2) is 20.4 Å². The first kappa shape index (κ1) is 22.4. The van der Waals surface area contributed by atoms with Crippen LogP contribution >= 0.6 is 0 Å². The van der Waals surface area contributed by atoms with Gasteiger partial charge in [-0.1, -0.05) is 54.6 Å². The molecule has 0 saturated carbocycles. The van der Waals surface area contributed by atoms with Crippen LogP contribution in [0.1, 0.15) is 12.5 Å². The van der Waals surface area contributed by atoms with E-state index in [4.69, 9.17) is 4.74 Å². The van der Waals surface area contributed by atoms with Crippen LogP contribution in [0.3, 0.4) is 0 Å². The van der Waals surface area contributed by atoms with Gasteiger partial charge in [0.05, 0.1) is 10.6 Å². The van der Waals surface area contributed by atoms with Crippen LogP contribution in [0.25, 0.3) is 10.8 Å². The van der Waals surface area contributed by atoms with E-state index >= 15 is 0 Å². The maximum atomic E-state index is 12.9. The molecule has 6 nitrogen and oxygen atoms in total. The highest BCUT2D eigenvalue weighted by molar-refractivity contribution is 7.92. The Labute approximate surface area is 193 Å². The van der Waals surface area contributed by atoms with Gasteiger partial charge in [0, 0.05) is 11.1 Å². The molecular weight excluding hydrogens is 436 g/mol. The molecule has 1 atom stereocenters. The SMILES string of the molecule is Cc1ccccc1O[C@@H](C)C(=O)Nc1ccc(S(=O)(=O)Nc2cccc3ccccc23)cc1. The number of aryl methyl sites for hydroxylation is 1. The van der Waals surface area contributed by atoms with Crippen LogP contribution in [0.15, 0.2) is 95.9 Å². The van der Waals surface area contributed by atoms with Crippen molar-refractivity contribution in [2.24, 2.45) is 0 Å². The number of nitrogens with one attached hydrogen (secondary N) is 2. The van der Waals surface area contributed by atoms with Gasteiger partial charge in [0.1, 0.15) is 5.75 Å². The van der Waals surface area contributed by atoms with Gasteiger partial charge in [-0.15, -0.1) is 0 Å². The first-order valence-electron chi connectivity index (χ1n) is 10.5. The number of para-hydroxylation sites is 1. The Morgan fingerprint density at radius 3 is 2.27 bits per heavy atom. The first-order chi connectivity index (χ1) is 15.8. The molecule has 2 N–H and O–H groups in total. The van der Waals surface area contributed by atoms with E-state index < -0.39 is 16.1 Å². The molecule has 4 aromatic rings. The van der Waals surface area contributed by atoms with Gasteiger partial charge in [0.25, 0.3) is 15.9 Å². The third-order valence-corrected chi connectivity index (χ3v) is 6.61. The topological polar surface area (TPSA) is 84.5 Å². The minimum Gasteiger partial charge on any atom is -0.481 e. The van der Waals surface area contributed by atoms with E-state index in [0.29, 0.717) is 17.1 Å². The van der Waals surface area contributed by atoms with Gasteiger partial charge in [0.15, 0.2) is 6.10 Å². The maximum absolute atomic E-state index is 12.9. The van der Waals surface area contributed by atoms with E-state index in [0.717, 1.165) is 16.3 Å². The molecule has 168 valence electrons. The van der Waals surface area contributed by atoms with Crippen molar-refractivity contribution in [3.05, 3.63) is 96.6 Å². The number of rotatable bonds is 7. The molecule has 7 heteroatoms. The molecule has 0 aliphatic carbocycles. The Kier molecular flexibility index (Phi) is 6.33. The average Bonchev–Trinajstić information content (AvgIpc) is 2.81. The monoisotopic (exact) mass is 460 g/mol. The number of sulfonamides is 1. The highest BCUT2D eigenvalue weighted by atomic mass is 32.2. The highest BCUT2D eigenvalue weighted by Gasteiger charge is 2.18. The summed E-state index contributed by atoms with van der Waals surface area (Å²) in [6.45, 7) is 3.57. The highest BCUT2D eigenvalue weighted by Crippen LogP contribution is 2.26. The van der Waals surface area contributed by atoms with Gasteiger partial charge in [-0.05, 0) is 61.2 Å². The third-order valence-electron chi connectivity index (χ3n) is 5.23. The minimum atomic E-state index is -3.80. The Bertz CT molecular complexity index is 1390. The van der Waals surface area contributed by atoms with Crippen LogP contribution in [0.5, 0.6) is 5.75 Å². The Morgan fingerprint density at radius 2 is 1.52 bits per heavy atom. The van der Waals surface area contributed by atoms with Crippen LogP contribution in [0.2, 0.25) is 0 Å². The summed E-state index contributed by atoms with van der Waals surface area (Å²) in [5.74, 6) is 0.309. The van der Waals surface area contributed by atoms with Gasteiger partial charge >= 0.3 is 0 Å². The predicted octanol–water partition coefficient (Wildman–Crippen LogP) is 5.36. The molecule has 0 aromatic heterocycles. The molecule has 0 radical (unpaired) electrons. The molecule has 0 unspecified atom stereocenters. The van der Waals surface area contributed by atoms with E-state index in [1.807, 2.05) is 61.5 Å². The number of amides is 1. The predicted molar refractivity (Wildman–Crippen MR) is 131 cm³/mol. The van der Waals surface area contributed by atoms with Gasteiger partial charge in [0.2, 0.25) is 0 Å². The molecule has 1 amide bonds. The lowest BCUT2D eigenvalue weighted by Gasteiger charge is -2.16. The van der Waals surface area contributed by atoms with Crippen LogP contribution in [0.4, 0.5) is 11.4 Å². The van der Waals surface area contributed by atoms with Crippen molar-refractivity contribution in [2.45, 2.75) is 24.8 Å². The summed E-state index contributed by atoms with van der Waals surface area (Å²) in [7, 11) is -3.80. The van der Waals surface area contributed by atoms with Crippen molar-refractivity contribution in [3.63, 3.8) is 0 Å². The fourth-order valence-electron chi connectivity index (χ4n) is 3.41. The van der Waals surface area contributed by atoms with E-state index in [1.165, 1.54) is 12.1 Å². The summed E-state index contributed by atoms with van der Waals surface area (Å²) >= 11 is 0. The zero-order valence-electron chi connectivity index (χ0n) is 18.3. The van der Waals surface area contributed by atoms with E-state index in [2.05, 4.69) is 10.0 Å². The molecule has 0 aliphatic rings. The smallest absolute Gasteiger partial charge is 0.265 e. The minimum absolute atomic E-state index is 0.0950. The zero-order valence-corrected chi connectivity index (χ0v) is 19.1. The van der Waals surface area contributed by atoms with Crippen molar-refractivity contribution < 1.29 is 17.9 Å². The molecule has 0 heterocycles. The number of hydrogen-bond acceptors (Lipinski definition) is 4. The lowest BCUT2D eigenvalue weighted by Crippen LogP contribution is -2.30. The number of carbonyl (C=O) groups excluding carboxylic acids is 1. The van der Waals surface area contributed by atoms with Crippen LogP contribution in [0, 0.1) is 6.92 Å². The third kappa shape index (κ3) is 5.15. The number of anilines is 2. The molecule has 4 rings (SSSR count). The van der Waals surface area contributed by atoms with Gasteiger partial charge in [-0.25, -0.2) is 8.42 Å². The van der Waals surface area contributed by atoms with Gasteiger partial charge < -0.3 is 10.1 Å². The molecule has 0 spiro atoms. The second kappa shape index (κ2) is 9.34. The summed E-state index contributed by atoms with van der Waals surface area (Å²) in [6.07, 6.45) is -0.720. The summed E-state index contributed by atoms with van der Waals surface area (Å²) in [5, 5.41) is 4.51. The molecule has 0 bridgehead atoms.